The fourth-order valence-corrected chi connectivity index (χ4v) is 3.14. The number of halogens is 1. The van der Waals surface area contributed by atoms with Crippen LogP contribution in [0.3, 0.4) is 0 Å². The average molecular weight is 483 g/mol. The molecule has 0 fully saturated rings. The van der Waals surface area contributed by atoms with Crippen molar-refractivity contribution in [1.29, 1.82) is 0 Å². The molecule has 0 atom stereocenters. The van der Waals surface area contributed by atoms with Crippen molar-refractivity contribution in [3.8, 4) is 0 Å². The van der Waals surface area contributed by atoms with Crippen LogP contribution in [0.4, 0.5) is 0 Å². The van der Waals surface area contributed by atoms with Crippen molar-refractivity contribution in [2.24, 2.45) is 12.0 Å². The van der Waals surface area contributed by atoms with Gasteiger partial charge in [0.1, 0.15) is 0 Å². The molecule has 6 heteroatoms. The molecule has 0 saturated carbocycles. The highest BCUT2D eigenvalue weighted by Gasteiger charge is 2.15. The van der Waals surface area contributed by atoms with E-state index in [-0.39, 0.29) is 24.0 Å². The Labute approximate surface area is 181 Å². The van der Waals surface area contributed by atoms with E-state index < -0.39 is 0 Å². The zero-order valence-corrected chi connectivity index (χ0v) is 19.8. The fourth-order valence-electron chi connectivity index (χ4n) is 3.14. The van der Waals surface area contributed by atoms with Gasteiger partial charge in [0.2, 0.25) is 0 Å². The zero-order valence-electron chi connectivity index (χ0n) is 17.5. The predicted octanol–water partition coefficient (Wildman–Crippen LogP) is 4.11. The largest absolute Gasteiger partial charge is 0.357 e. The van der Waals surface area contributed by atoms with E-state index in [1.54, 1.807) is 0 Å². The van der Waals surface area contributed by atoms with Crippen molar-refractivity contribution in [2.75, 3.05) is 20.1 Å². The summed E-state index contributed by atoms with van der Waals surface area (Å²) in [5, 5.41) is 8.02. The summed E-state index contributed by atoms with van der Waals surface area (Å²) in [6.07, 6.45) is 3.07. The smallest absolute Gasteiger partial charge is 0.193 e. The lowest BCUT2D eigenvalue weighted by molar-refractivity contribution is 0.473. The second kappa shape index (κ2) is 11.3. The van der Waals surface area contributed by atoms with E-state index in [4.69, 9.17) is 4.99 Å². The lowest BCUT2D eigenvalue weighted by Gasteiger charge is -2.22. The van der Waals surface area contributed by atoms with E-state index in [1.807, 2.05) is 11.7 Å². The molecule has 0 aliphatic heterocycles. The number of guanidine groups is 1. The van der Waals surface area contributed by atoms with Gasteiger partial charge in [-0.25, -0.2) is 0 Å². The molecule has 0 aliphatic carbocycles. The molecule has 27 heavy (non-hydrogen) atoms. The summed E-state index contributed by atoms with van der Waals surface area (Å²) < 4.78 is 1.90. The maximum absolute atomic E-state index is 4.83. The van der Waals surface area contributed by atoms with Crippen LogP contribution in [0.2, 0.25) is 0 Å². The molecular weight excluding hydrogens is 449 g/mol. The summed E-state index contributed by atoms with van der Waals surface area (Å²) in [5.41, 5.74) is 5.12. The SMILES string of the molecule is CCNC(=NCCc1ccccc1C)N(C)Cc1cn(C)nc1C(C)C.I. The minimum absolute atomic E-state index is 0. The minimum Gasteiger partial charge on any atom is -0.357 e. The molecule has 0 aliphatic rings. The number of nitrogens with zero attached hydrogens (tertiary/aromatic N) is 4. The molecule has 150 valence electrons. The Morgan fingerprint density at radius 2 is 1.96 bits per heavy atom. The number of benzene rings is 1. The average Bonchev–Trinajstić information content (AvgIpc) is 2.96. The van der Waals surface area contributed by atoms with Crippen LogP contribution in [0, 0.1) is 6.92 Å². The fraction of sp³-hybridized carbons (Fsp3) is 0.524. The Balaban J connectivity index is 0.00000364. The van der Waals surface area contributed by atoms with Crippen molar-refractivity contribution in [3.63, 3.8) is 0 Å². The molecule has 1 N–H and O–H groups in total. The maximum atomic E-state index is 4.83. The normalized spacial score (nSPS) is 11.4. The van der Waals surface area contributed by atoms with Crippen LogP contribution in [0.5, 0.6) is 0 Å². The Bertz CT molecular complexity index is 736. The highest BCUT2D eigenvalue weighted by molar-refractivity contribution is 14.0. The van der Waals surface area contributed by atoms with Crippen molar-refractivity contribution in [3.05, 3.63) is 52.8 Å². The van der Waals surface area contributed by atoms with Crippen molar-refractivity contribution in [1.82, 2.24) is 20.0 Å². The van der Waals surface area contributed by atoms with Crippen LogP contribution in [0.25, 0.3) is 0 Å². The number of aryl methyl sites for hydroxylation is 2. The lowest BCUT2D eigenvalue weighted by atomic mass is 10.1. The zero-order chi connectivity index (χ0) is 19.1. The van der Waals surface area contributed by atoms with Gasteiger partial charge in [-0.2, -0.15) is 5.10 Å². The standard InChI is InChI=1S/C21H33N5.HI/c1-7-22-21(23-13-12-18-11-9-8-10-17(18)4)25(5)14-19-15-26(6)24-20(19)16(2)3;/h8-11,15-16H,7,12-14H2,1-6H3,(H,22,23);1H. The van der Waals surface area contributed by atoms with E-state index in [0.29, 0.717) is 5.92 Å². The van der Waals surface area contributed by atoms with E-state index in [1.165, 1.54) is 16.7 Å². The molecule has 0 unspecified atom stereocenters. The topological polar surface area (TPSA) is 45.5 Å². The molecule has 0 spiro atoms. The Kier molecular flexibility index (Phi) is 9.83. The first kappa shape index (κ1) is 23.5. The third-order valence-corrected chi connectivity index (χ3v) is 4.49. The molecular formula is C21H34IN5. The molecule has 0 radical (unpaired) electrons. The number of rotatable bonds is 7. The third kappa shape index (κ3) is 6.83. The summed E-state index contributed by atoms with van der Waals surface area (Å²) in [6, 6.07) is 8.53. The van der Waals surface area contributed by atoms with Gasteiger partial charge in [-0.15, -0.1) is 24.0 Å². The maximum Gasteiger partial charge on any atom is 0.193 e. The second-order valence-corrected chi connectivity index (χ2v) is 7.14. The van der Waals surface area contributed by atoms with Crippen LogP contribution < -0.4 is 5.32 Å². The first-order valence-corrected chi connectivity index (χ1v) is 9.48. The summed E-state index contributed by atoms with van der Waals surface area (Å²) in [4.78, 5) is 7.02. The number of nitrogens with one attached hydrogen (secondary N) is 1. The van der Waals surface area contributed by atoms with Crippen molar-refractivity contribution >= 4 is 29.9 Å². The predicted molar refractivity (Wildman–Crippen MR) is 125 cm³/mol. The molecule has 2 aromatic rings. The molecule has 2 rings (SSSR count). The minimum atomic E-state index is 0. The van der Waals surface area contributed by atoms with E-state index in [0.717, 1.165) is 37.7 Å². The molecule has 5 nitrogen and oxygen atoms in total. The third-order valence-electron chi connectivity index (χ3n) is 4.49. The van der Waals surface area contributed by atoms with Gasteiger partial charge in [0, 0.05) is 45.5 Å². The highest BCUT2D eigenvalue weighted by Crippen LogP contribution is 2.18. The van der Waals surface area contributed by atoms with Crippen LogP contribution in [-0.4, -0.2) is 40.8 Å². The van der Waals surface area contributed by atoms with Gasteiger partial charge in [0.05, 0.1) is 5.69 Å². The molecule has 0 saturated heterocycles. The van der Waals surface area contributed by atoms with Crippen LogP contribution in [0.1, 0.15) is 49.1 Å². The van der Waals surface area contributed by atoms with Gasteiger partial charge >= 0.3 is 0 Å². The molecule has 1 aromatic carbocycles. The Morgan fingerprint density at radius 3 is 2.59 bits per heavy atom. The van der Waals surface area contributed by atoms with Gasteiger partial charge in [-0.05, 0) is 37.3 Å². The number of hydrogen-bond donors (Lipinski definition) is 1. The number of hydrogen-bond acceptors (Lipinski definition) is 2. The van der Waals surface area contributed by atoms with Gasteiger partial charge in [0.25, 0.3) is 0 Å². The molecule has 0 bridgehead atoms. The Morgan fingerprint density at radius 1 is 1.26 bits per heavy atom. The van der Waals surface area contributed by atoms with Crippen LogP contribution in [-0.2, 0) is 20.0 Å². The lowest BCUT2D eigenvalue weighted by Crippen LogP contribution is -2.38. The van der Waals surface area contributed by atoms with Crippen molar-refractivity contribution in [2.45, 2.75) is 46.6 Å². The van der Waals surface area contributed by atoms with E-state index >= 15 is 0 Å². The number of aromatic nitrogens is 2. The molecule has 1 aromatic heterocycles. The summed E-state index contributed by atoms with van der Waals surface area (Å²) in [5.74, 6) is 1.36. The van der Waals surface area contributed by atoms with Crippen molar-refractivity contribution < 1.29 is 0 Å². The van der Waals surface area contributed by atoms with Gasteiger partial charge in [-0.3, -0.25) is 9.67 Å². The van der Waals surface area contributed by atoms with E-state index in [9.17, 15) is 0 Å². The van der Waals surface area contributed by atoms with Gasteiger partial charge in [0.15, 0.2) is 5.96 Å². The molecule has 0 amide bonds. The second-order valence-electron chi connectivity index (χ2n) is 7.14. The quantitative estimate of drug-likeness (QED) is 0.366. The number of aliphatic imine (C=N–C) groups is 1. The van der Waals surface area contributed by atoms with Gasteiger partial charge in [-0.1, -0.05) is 38.1 Å². The van der Waals surface area contributed by atoms with Gasteiger partial charge < -0.3 is 10.2 Å². The Hall–Kier alpha value is -1.57. The first-order chi connectivity index (χ1) is 12.4. The van der Waals surface area contributed by atoms with Crippen LogP contribution in [0.15, 0.2) is 35.5 Å². The van der Waals surface area contributed by atoms with Crippen LogP contribution >= 0.6 is 24.0 Å². The summed E-state index contributed by atoms with van der Waals surface area (Å²) in [6.45, 7) is 11.1. The first-order valence-electron chi connectivity index (χ1n) is 9.48. The summed E-state index contributed by atoms with van der Waals surface area (Å²) >= 11 is 0. The monoisotopic (exact) mass is 483 g/mol. The summed E-state index contributed by atoms with van der Waals surface area (Å²) in [7, 11) is 4.07. The highest BCUT2D eigenvalue weighted by atomic mass is 127. The molecule has 1 heterocycles. The van der Waals surface area contributed by atoms with E-state index in [2.05, 4.69) is 80.5 Å².